The first-order chi connectivity index (χ1) is 10.7. The zero-order valence-electron chi connectivity index (χ0n) is 11.1. The molecule has 0 unspecified atom stereocenters. The molecule has 2 N–H and O–H groups in total. The molecule has 0 radical (unpaired) electrons. The number of benzene rings is 2. The molecule has 2 aromatic rings. The van der Waals surface area contributed by atoms with Gasteiger partial charge in [0.15, 0.2) is 0 Å². The molecule has 0 aliphatic heterocycles. The third-order valence-electron chi connectivity index (χ3n) is 2.83. The highest BCUT2D eigenvalue weighted by atomic mass is 79.9. The number of hydrogen-bond donors (Lipinski definition) is 1. The minimum Gasteiger partial charge on any atom is -0.267 e. The number of carbonyl (C=O) groups excluding carboxylic acids is 2. The minimum absolute atomic E-state index is 0.0917. The van der Waals surface area contributed by atoms with E-state index < -0.39 is 44.9 Å². The molecule has 0 saturated carbocycles. The Kier molecular flexibility index (Phi) is 5.23. The number of rotatable bonds is 2. The van der Waals surface area contributed by atoms with E-state index in [-0.39, 0.29) is 5.01 Å². The number of imide groups is 1. The highest BCUT2D eigenvalue weighted by Crippen LogP contribution is 2.22. The molecule has 0 aliphatic carbocycles. The Morgan fingerprint density at radius 1 is 0.913 bits per heavy atom. The van der Waals surface area contributed by atoms with E-state index in [0.29, 0.717) is 16.6 Å². The lowest BCUT2D eigenvalue weighted by atomic mass is 10.1. The summed E-state index contributed by atoms with van der Waals surface area (Å²) in [6.45, 7) is 0. The molecule has 23 heavy (non-hydrogen) atoms. The third-order valence-corrected chi connectivity index (χ3v) is 4.08. The zero-order valence-corrected chi connectivity index (χ0v) is 14.3. The fraction of sp³-hybridized carbons (Fsp3) is 0. The SMILES string of the molecule is NN(C(=O)c1cc(F)c(Br)c(F)c1)C(=O)c1ccc(Br)cc1F. The van der Waals surface area contributed by atoms with Gasteiger partial charge in [0.25, 0.3) is 11.8 Å². The van der Waals surface area contributed by atoms with E-state index >= 15 is 0 Å². The number of carbonyl (C=O) groups is 2. The van der Waals surface area contributed by atoms with Crippen LogP contribution in [0.5, 0.6) is 0 Å². The number of halogens is 5. The molecule has 0 aromatic heterocycles. The minimum atomic E-state index is -1.18. The van der Waals surface area contributed by atoms with Gasteiger partial charge >= 0.3 is 0 Å². The first-order valence-corrected chi connectivity index (χ1v) is 7.54. The summed E-state index contributed by atoms with van der Waals surface area (Å²) in [6.07, 6.45) is 0. The van der Waals surface area contributed by atoms with Gasteiger partial charge in [0.1, 0.15) is 17.5 Å². The van der Waals surface area contributed by atoms with E-state index in [0.717, 1.165) is 12.1 Å². The predicted molar refractivity (Wildman–Crippen MR) is 82.8 cm³/mol. The van der Waals surface area contributed by atoms with Crippen molar-refractivity contribution in [1.82, 2.24) is 5.01 Å². The van der Waals surface area contributed by atoms with Crippen LogP contribution >= 0.6 is 31.9 Å². The molecule has 0 aliphatic rings. The summed E-state index contributed by atoms with van der Waals surface area (Å²) < 4.78 is 40.6. The topological polar surface area (TPSA) is 63.4 Å². The van der Waals surface area contributed by atoms with Crippen LogP contribution in [-0.4, -0.2) is 16.8 Å². The van der Waals surface area contributed by atoms with Gasteiger partial charge in [-0.05, 0) is 46.3 Å². The van der Waals surface area contributed by atoms with Gasteiger partial charge in [-0.25, -0.2) is 24.0 Å². The molecule has 0 heterocycles. The fourth-order valence-electron chi connectivity index (χ4n) is 1.70. The maximum absolute atomic E-state index is 13.7. The molecular formula is C14H7Br2F3N2O2. The molecule has 2 aromatic carbocycles. The van der Waals surface area contributed by atoms with Crippen LogP contribution in [0.1, 0.15) is 20.7 Å². The lowest BCUT2D eigenvalue weighted by Crippen LogP contribution is -2.43. The molecule has 0 spiro atoms. The van der Waals surface area contributed by atoms with Crippen molar-refractivity contribution in [3.05, 3.63) is 67.9 Å². The summed E-state index contributed by atoms with van der Waals surface area (Å²) >= 11 is 5.67. The second-order valence-corrected chi connectivity index (χ2v) is 6.07. The van der Waals surface area contributed by atoms with Crippen LogP contribution in [0.4, 0.5) is 13.2 Å². The number of hydrazine groups is 1. The van der Waals surface area contributed by atoms with E-state index in [2.05, 4.69) is 31.9 Å². The Balaban J connectivity index is 2.34. The molecule has 9 heteroatoms. The molecule has 2 amide bonds. The monoisotopic (exact) mass is 450 g/mol. The molecule has 0 bridgehead atoms. The van der Waals surface area contributed by atoms with E-state index in [1.54, 1.807) is 0 Å². The number of nitrogens with zero attached hydrogens (tertiary/aromatic N) is 1. The van der Waals surface area contributed by atoms with Crippen LogP contribution in [0.25, 0.3) is 0 Å². The van der Waals surface area contributed by atoms with Gasteiger partial charge in [-0.1, -0.05) is 15.9 Å². The van der Waals surface area contributed by atoms with Crippen molar-refractivity contribution in [3.8, 4) is 0 Å². The number of hydrogen-bond acceptors (Lipinski definition) is 3. The Bertz CT molecular complexity index is 792. The lowest BCUT2D eigenvalue weighted by Gasteiger charge is -2.15. The van der Waals surface area contributed by atoms with Gasteiger partial charge in [0.05, 0.1) is 10.0 Å². The average Bonchev–Trinajstić information content (AvgIpc) is 2.50. The third kappa shape index (κ3) is 3.62. The van der Waals surface area contributed by atoms with Gasteiger partial charge < -0.3 is 0 Å². The quantitative estimate of drug-likeness (QED) is 0.248. The second-order valence-electron chi connectivity index (χ2n) is 4.36. The summed E-state index contributed by atoms with van der Waals surface area (Å²) in [5.74, 6) is 0.0638. The standard InChI is InChI=1S/C14H7Br2F3N2O2/c15-7-1-2-8(9(17)5-7)14(23)21(20)13(22)6-3-10(18)12(16)11(19)4-6/h1-5H,20H2. The summed E-state index contributed by atoms with van der Waals surface area (Å²) in [4.78, 5) is 24.1. The summed E-state index contributed by atoms with van der Waals surface area (Å²) in [7, 11) is 0. The van der Waals surface area contributed by atoms with Crippen LogP contribution < -0.4 is 5.84 Å². The van der Waals surface area contributed by atoms with Crippen LogP contribution in [-0.2, 0) is 0 Å². The second kappa shape index (κ2) is 6.81. The van der Waals surface area contributed by atoms with Crippen LogP contribution in [0, 0.1) is 17.5 Å². The first kappa shape index (κ1) is 17.6. The highest BCUT2D eigenvalue weighted by Gasteiger charge is 2.25. The first-order valence-electron chi connectivity index (χ1n) is 5.95. The van der Waals surface area contributed by atoms with Gasteiger partial charge in [-0.15, -0.1) is 0 Å². The summed E-state index contributed by atoms with van der Waals surface area (Å²) in [5.41, 5.74) is -0.946. The van der Waals surface area contributed by atoms with Crippen molar-refractivity contribution in [2.45, 2.75) is 0 Å². The Morgan fingerprint density at radius 3 is 2.00 bits per heavy atom. The van der Waals surface area contributed by atoms with Crippen LogP contribution in [0.15, 0.2) is 39.3 Å². The van der Waals surface area contributed by atoms with Crippen LogP contribution in [0.3, 0.4) is 0 Å². The van der Waals surface area contributed by atoms with Crippen molar-refractivity contribution >= 4 is 43.7 Å². The van der Waals surface area contributed by atoms with E-state index in [1.807, 2.05) is 0 Å². The van der Waals surface area contributed by atoms with Crippen molar-refractivity contribution in [2.24, 2.45) is 5.84 Å². The summed E-state index contributed by atoms with van der Waals surface area (Å²) in [5, 5.41) is 0.0917. The van der Waals surface area contributed by atoms with Gasteiger partial charge in [-0.3, -0.25) is 9.59 Å². The van der Waals surface area contributed by atoms with Crippen molar-refractivity contribution in [3.63, 3.8) is 0 Å². The number of amides is 2. The molecule has 0 fully saturated rings. The normalized spacial score (nSPS) is 10.5. The molecule has 120 valence electrons. The number of nitrogens with two attached hydrogens (primary N) is 1. The largest absolute Gasteiger partial charge is 0.278 e. The Morgan fingerprint density at radius 2 is 1.48 bits per heavy atom. The van der Waals surface area contributed by atoms with E-state index in [4.69, 9.17) is 5.84 Å². The maximum atomic E-state index is 13.7. The van der Waals surface area contributed by atoms with Crippen molar-refractivity contribution in [1.29, 1.82) is 0 Å². The maximum Gasteiger partial charge on any atom is 0.278 e. The molecular weight excluding hydrogens is 445 g/mol. The molecule has 4 nitrogen and oxygen atoms in total. The van der Waals surface area contributed by atoms with E-state index in [9.17, 15) is 22.8 Å². The molecule has 2 rings (SSSR count). The average molecular weight is 452 g/mol. The highest BCUT2D eigenvalue weighted by molar-refractivity contribution is 9.10. The zero-order chi connectivity index (χ0) is 17.3. The van der Waals surface area contributed by atoms with Gasteiger partial charge in [-0.2, -0.15) is 0 Å². The molecule has 0 saturated heterocycles. The summed E-state index contributed by atoms with van der Waals surface area (Å²) in [6, 6.07) is 4.94. The Labute approximate surface area is 145 Å². The fourth-order valence-corrected chi connectivity index (χ4v) is 2.27. The molecule has 0 atom stereocenters. The lowest BCUT2D eigenvalue weighted by molar-refractivity contribution is 0.0612. The van der Waals surface area contributed by atoms with Crippen molar-refractivity contribution in [2.75, 3.05) is 0 Å². The van der Waals surface area contributed by atoms with Crippen molar-refractivity contribution < 1.29 is 22.8 Å². The Hall–Kier alpha value is -1.71. The van der Waals surface area contributed by atoms with Crippen LogP contribution in [0.2, 0.25) is 0 Å². The van der Waals surface area contributed by atoms with E-state index in [1.165, 1.54) is 6.07 Å². The van der Waals surface area contributed by atoms with Gasteiger partial charge in [0.2, 0.25) is 0 Å². The smallest absolute Gasteiger partial charge is 0.267 e. The predicted octanol–water partition coefficient (Wildman–Crippen LogP) is 3.79. The van der Waals surface area contributed by atoms with Gasteiger partial charge in [0, 0.05) is 10.0 Å².